The van der Waals surface area contributed by atoms with Crippen molar-refractivity contribution in [2.75, 3.05) is 0 Å². The van der Waals surface area contributed by atoms with E-state index in [2.05, 4.69) is 94.4 Å². The molecule has 0 aliphatic heterocycles. The second-order valence-corrected chi connectivity index (χ2v) is 12.2. The zero-order valence-electron chi connectivity index (χ0n) is 24.7. The fourth-order valence-electron chi connectivity index (χ4n) is 5.79. The van der Waals surface area contributed by atoms with E-state index in [1.54, 1.807) is 12.1 Å². The van der Waals surface area contributed by atoms with E-state index >= 15 is 0 Å². The summed E-state index contributed by atoms with van der Waals surface area (Å²) < 4.78 is 6.16. The predicted octanol–water partition coefficient (Wildman–Crippen LogP) is 10.4. The number of nitrogens with zero attached hydrogens (tertiary/aromatic N) is 2. The number of phenols is 1. The number of hydrogen-bond acceptors (Lipinski definition) is 4. The number of hydrogen-bond donors (Lipinski definition) is 1. The van der Waals surface area contributed by atoms with Crippen molar-refractivity contribution in [1.82, 2.24) is 9.97 Å². The number of benzene rings is 5. The summed E-state index contributed by atoms with van der Waals surface area (Å²) >= 11 is 0. The van der Waals surface area contributed by atoms with Crippen molar-refractivity contribution in [3.05, 3.63) is 127 Å². The van der Waals surface area contributed by atoms with Gasteiger partial charge < -0.3 is 9.52 Å². The maximum Gasteiger partial charge on any atom is 0.231 e. The number of aryl methyl sites for hydroxylation is 1. The lowest BCUT2D eigenvalue weighted by molar-refractivity contribution is 0.474. The SMILES string of the molecule is Cc1ccccc1-c1cc(-c2cc(-c3cccc4oc(-c5ccccc5O)nc34)cc(C(C)(C)C)c2)c2ncccc2c1. The van der Waals surface area contributed by atoms with Crippen LogP contribution in [0.5, 0.6) is 5.75 Å². The zero-order chi connectivity index (χ0) is 29.7. The number of phenolic OH excluding ortho intramolecular Hbond substituents is 1. The Bertz CT molecular complexity index is 2150. The first-order chi connectivity index (χ1) is 20.8. The number of para-hydroxylation sites is 2. The van der Waals surface area contributed by atoms with Crippen LogP contribution in [0, 0.1) is 6.92 Å². The molecule has 0 atom stereocenters. The first-order valence-corrected chi connectivity index (χ1v) is 14.6. The van der Waals surface area contributed by atoms with Crippen molar-refractivity contribution >= 4 is 22.0 Å². The lowest BCUT2D eigenvalue weighted by Gasteiger charge is -2.22. The van der Waals surface area contributed by atoms with Crippen LogP contribution in [-0.4, -0.2) is 15.1 Å². The Labute approximate surface area is 251 Å². The van der Waals surface area contributed by atoms with E-state index in [1.807, 2.05) is 36.5 Å². The van der Waals surface area contributed by atoms with Gasteiger partial charge in [0, 0.05) is 22.7 Å². The summed E-state index contributed by atoms with van der Waals surface area (Å²) in [6, 6.07) is 37.1. The van der Waals surface area contributed by atoms with Gasteiger partial charge in [0.05, 0.1) is 11.1 Å². The molecule has 5 aromatic carbocycles. The Morgan fingerprint density at radius 2 is 1.33 bits per heavy atom. The van der Waals surface area contributed by atoms with Crippen molar-refractivity contribution in [2.45, 2.75) is 33.1 Å². The molecule has 0 saturated carbocycles. The van der Waals surface area contributed by atoms with E-state index in [1.165, 1.54) is 22.3 Å². The molecule has 0 radical (unpaired) electrons. The van der Waals surface area contributed by atoms with Crippen molar-refractivity contribution in [3.8, 4) is 50.6 Å². The van der Waals surface area contributed by atoms with Crippen LogP contribution in [-0.2, 0) is 5.41 Å². The minimum absolute atomic E-state index is 0.0969. The molecule has 7 aromatic rings. The van der Waals surface area contributed by atoms with Crippen LogP contribution in [0.1, 0.15) is 31.9 Å². The van der Waals surface area contributed by atoms with Crippen molar-refractivity contribution in [2.24, 2.45) is 0 Å². The minimum Gasteiger partial charge on any atom is -0.507 e. The van der Waals surface area contributed by atoms with Crippen LogP contribution in [0.4, 0.5) is 0 Å². The lowest BCUT2D eigenvalue weighted by Crippen LogP contribution is -2.11. The first kappa shape index (κ1) is 26.7. The third-order valence-corrected chi connectivity index (χ3v) is 8.14. The van der Waals surface area contributed by atoms with Gasteiger partial charge in [0.25, 0.3) is 0 Å². The van der Waals surface area contributed by atoms with E-state index in [4.69, 9.17) is 14.4 Å². The maximum absolute atomic E-state index is 10.5. The molecule has 0 bridgehead atoms. The molecule has 0 spiro atoms. The highest BCUT2D eigenvalue weighted by atomic mass is 16.3. The molecule has 0 amide bonds. The average Bonchev–Trinajstić information content (AvgIpc) is 3.45. The molecule has 4 heteroatoms. The van der Waals surface area contributed by atoms with Gasteiger partial charge >= 0.3 is 0 Å². The Hall–Kier alpha value is -5.22. The monoisotopic (exact) mass is 560 g/mol. The minimum atomic E-state index is -0.0969. The summed E-state index contributed by atoms with van der Waals surface area (Å²) in [6.07, 6.45) is 1.87. The normalized spacial score (nSPS) is 11.8. The van der Waals surface area contributed by atoms with Gasteiger partial charge in [-0.15, -0.1) is 0 Å². The molecule has 0 aliphatic carbocycles. The van der Waals surface area contributed by atoms with Gasteiger partial charge in [-0.2, -0.15) is 0 Å². The highest BCUT2D eigenvalue weighted by molar-refractivity contribution is 6.00. The van der Waals surface area contributed by atoms with E-state index in [-0.39, 0.29) is 11.2 Å². The summed E-state index contributed by atoms with van der Waals surface area (Å²) in [5.74, 6) is 0.536. The van der Waals surface area contributed by atoms with Crippen LogP contribution >= 0.6 is 0 Å². The Balaban J connectivity index is 1.48. The molecule has 0 aliphatic rings. The number of aromatic nitrogens is 2. The Morgan fingerprint density at radius 1 is 0.628 bits per heavy atom. The maximum atomic E-state index is 10.5. The van der Waals surface area contributed by atoms with Crippen LogP contribution < -0.4 is 0 Å². The third kappa shape index (κ3) is 4.85. The van der Waals surface area contributed by atoms with E-state index in [9.17, 15) is 5.11 Å². The largest absolute Gasteiger partial charge is 0.507 e. The number of fused-ring (bicyclic) bond motifs is 2. The summed E-state index contributed by atoms with van der Waals surface area (Å²) in [5, 5.41) is 11.6. The molecule has 4 nitrogen and oxygen atoms in total. The highest BCUT2D eigenvalue weighted by Crippen LogP contribution is 2.41. The smallest absolute Gasteiger partial charge is 0.231 e. The standard InChI is InChI=1S/C39H32N2O2/c1-24-11-5-6-13-30(24)28-19-25-12-10-18-40-36(25)33(23-28)27-20-26(21-29(22-27)39(2,3)4)31-15-9-17-35-37(31)41-38(43-35)32-14-7-8-16-34(32)42/h5-23,42H,1-4H3. The molecule has 43 heavy (non-hydrogen) atoms. The first-order valence-electron chi connectivity index (χ1n) is 14.6. The molecule has 2 heterocycles. The van der Waals surface area contributed by atoms with E-state index in [0.29, 0.717) is 17.0 Å². The van der Waals surface area contributed by atoms with Gasteiger partial charge in [-0.05, 0) is 88.2 Å². The predicted molar refractivity (Wildman–Crippen MR) is 176 cm³/mol. The molecule has 0 unspecified atom stereocenters. The Morgan fingerprint density at radius 3 is 2.09 bits per heavy atom. The zero-order valence-corrected chi connectivity index (χ0v) is 24.7. The van der Waals surface area contributed by atoms with Gasteiger partial charge in [-0.1, -0.05) is 87.5 Å². The molecule has 210 valence electrons. The number of aromatic hydroxyl groups is 1. The van der Waals surface area contributed by atoms with Crippen molar-refractivity contribution in [1.29, 1.82) is 0 Å². The van der Waals surface area contributed by atoms with Crippen LogP contribution in [0.2, 0.25) is 0 Å². The molecule has 0 saturated heterocycles. The van der Waals surface area contributed by atoms with Crippen molar-refractivity contribution in [3.63, 3.8) is 0 Å². The van der Waals surface area contributed by atoms with Gasteiger partial charge in [0.15, 0.2) is 5.58 Å². The van der Waals surface area contributed by atoms with Gasteiger partial charge in [0.2, 0.25) is 5.89 Å². The number of oxazole rings is 1. The quantitative estimate of drug-likeness (QED) is 0.233. The van der Waals surface area contributed by atoms with Crippen LogP contribution in [0.15, 0.2) is 120 Å². The Kier molecular flexibility index (Phi) is 6.36. The van der Waals surface area contributed by atoms with Crippen LogP contribution in [0.3, 0.4) is 0 Å². The van der Waals surface area contributed by atoms with Gasteiger partial charge in [-0.3, -0.25) is 4.98 Å². The third-order valence-electron chi connectivity index (χ3n) is 8.14. The topological polar surface area (TPSA) is 59.2 Å². The molecule has 2 aromatic heterocycles. The second-order valence-electron chi connectivity index (χ2n) is 12.2. The molecular weight excluding hydrogens is 528 g/mol. The van der Waals surface area contributed by atoms with Crippen LogP contribution in [0.25, 0.3) is 66.8 Å². The summed E-state index contributed by atoms with van der Waals surface area (Å²) in [5.41, 5.74) is 11.9. The second kappa shape index (κ2) is 10.2. The number of pyridine rings is 1. The summed E-state index contributed by atoms with van der Waals surface area (Å²) in [4.78, 5) is 9.74. The molecule has 0 fully saturated rings. The number of rotatable bonds is 4. The fourth-order valence-corrected chi connectivity index (χ4v) is 5.79. The van der Waals surface area contributed by atoms with Gasteiger partial charge in [-0.25, -0.2) is 4.98 Å². The average molecular weight is 561 g/mol. The van der Waals surface area contributed by atoms with E-state index in [0.717, 1.165) is 38.7 Å². The van der Waals surface area contributed by atoms with E-state index < -0.39 is 0 Å². The summed E-state index contributed by atoms with van der Waals surface area (Å²) in [7, 11) is 0. The molecular formula is C39H32N2O2. The lowest BCUT2D eigenvalue weighted by atomic mass is 9.82. The highest BCUT2D eigenvalue weighted by Gasteiger charge is 2.21. The van der Waals surface area contributed by atoms with Gasteiger partial charge in [0.1, 0.15) is 11.3 Å². The van der Waals surface area contributed by atoms with Crippen molar-refractivity contribution < 1.29 is 9.52 Å². The molecule has 1 N–H and O–H groups in total. The molecule has 7 rings (SSSR count). The fraction of sp³-hybridized carbons (Fsp3) is 0.128. The summed E-state index contributed by atoms with van der Waals surface area (Å²) in [6.45, 7) is 8.87.